The van der Waals surface area contributed by atoms with Crippen LogP contribution in [0.25, 0.3) is 0 Å². The van der Waals surface area contributed by atoms with Gasteiger partial charge in [0.05, 0.1) is 5.69 Å². The van der Waals surface area contributed by atoms with Crippen molar-refractivity contribution in [2.75, 3.05) is 26.8 Å². The highest BCUT2D eigenvalue weighted by molar-refractivity contribution is 5.79. The van der Waals surface area contributed by atoms with Gasteiger partial charge >= 0.3 is 0 Å². The van der Waals surface area contributed by atoms with Crippen LogP contribution in [-0.4, -0.2) is 48.6 Å². The molecule has 0 fully saturated rings. The number of nitrogens with one attached hydrogen (secondary N) is 2. The average Bonchev–Trinajstić information content (AvgIpc) is 2.79. The van der Waals surface area contributed by atoms with Gasteiger partial charge in [-0.05, 0) is 45.6 Å². The molecule has 6 nitrogen and oxygen atoms in total. The van der Waals surface area contributed by atoms with E-state index in [9.17, 15) is 0 Å². The van der Waals surface area contributed by atoms with Crippen molar-refractivity contribution in [1.82, 2.24) is 20.4 Å². The fourth-order valence-electron chi connectivity index (χ4n) is 2.63. The lowest BCUT2D eigenvalue weighted by Gasteiger charge is -2.18. The summed E-state index contributed by atoms with van der Waals surface area (Å²) in [7, 11) is 3.80. The molecule has 6 heteroatoms. The molecule has 138 valence electrons. The van der Waals surface area contributed by atoms with E-state index >= 15 is 0 Å². The van der Waals surface area contributed by atoms with Crippen LogP contribution in [0.5, 0.6) is 0 Å². The van der Waals surface area contributed by atoms with Crippen molar-refractivity contribution in [3.63, 3.8) is 0 Å². The Bertz CT molecular complexity index is 510. The van der Waals surface area contributed by atoms with Gasteiger partial charge in [-0.3, -0.25) is 9.67 Å². The van der Waals surface area contributed by atoms with Gasteiger partial charge in [-0.1, -0.05) is 13.3 Å². The minimum atomic E-state index is 0.290. The van der Waals surface area contributed by atoms with Gasteiger partial charge in [0.25, 0.3) is 0 Å². The standard InChI is InChI=1S/C18H35N5O/c1-7-8-11-24-12-9-10-20-18(19-5)21-14(2)13-17-15(3)22-23(6)16(17)4/h14H,7-13H2,1-6H3,(H2,19,20,21). The number of hydrogen-bond acceptors (Lipinski definition) is 3. The van der Waals surface area contributed by atoms with Crippen LogP contribution in [-0.2, 0) is 18.2 Å². The highest BCUT2D eigenvalue weighted by atomic mass is 16.5. The lowest BCUT2D eigenvalue weighted by molar-refractivity contribution is 0.129. The zero-order chi connectivity index (χ0) is 17.9. The third-order valence-electron chi connectivity index (χ3n) is 4.18. The first-order valence-corrected chi connectivity index (χ1v) is 9.03. The summed E-state index contributed by atoms with van der Waals surface area (Å²) < 4.78 is 7.52. The molecule has 1 unspecified atom stereocenters. The van der Waals surface area contributed by atoms with Crippen molar-refractivity contribution >= 4 is 5.96 Å². The molecule has 0 amide bonds. The number of aromatic nitrogens is 2. The van der Waals surface area contributed by atoms with Crippen LogP contribution < -0.4 is 10.6 Å². The Labute approximate surface area is 147 Å². The van der Waals surface area contributed by atoms with Gasteiger partial charge < -0.3 is 15.4 Å². The van der Waals surface area contributed by atoms with Gasteiger partial charge in [-0.25, -0.2) is 0 Å². The topological polar surface area (TPSA) is 63.5 Å². The average molecular weight is 338 g/mol. The number of guanidine groups is 1. The van der Waals surface area contributed by atoms with Gasteiger partial charge in [0, 0.05) is 45.6 Å². The van der Waals surface area contributed by atoms with Crippen LogP contribution in [0.3, 0.4) is 0 Å². The molecule has 24 heavy (non-hydrogen) atoms. The van der Waals surface area contributed by atoms with Crippen LogP contribution >= 0.6 is 0 Å². The summed E-state index contributed by atoms with van der Waals surface area (Å²) in [6.07, 6.45) is 4.25. The van der Waals surface area contributed by atoms with E-state index < -0.39 is 0 Å². The van der Waals surface area contributed by atoms with Crippen molar-refractivity contribution in [1.29, 1.82) is 0 Å². The molecule has 1 aromatic rings. The zero-order valence-corrected chi connectivity index (χ0v) is 16.3. The molecule has 0 aromatic carbocycles. The van der Waals surface area contributed by atoms with Crippen molar-refractivity contribution in [3.8, 4) is 0 Å². The fraction of sp³-hybridized carbons (Fsp3) is 0.778. The minimum absolute atomic E-state index is 0.290. The van der Waals surface area contributed by atoms with Crippen LogP contribution in [0.4, 0.5) is 0 Å². The molecule has 0 radical (unpaired) electrons. The molecule has 1 atom stereocenters. The lowest BCUT2D eigenvalue weighted by atomic mass is 10.1. The maximum Gasteiger partial charge on any atom is 0.191 e. The Morgan fingerprint density at radius 3 is 2.58 bits per heavy atom. The van der Waals surface area contributed by atoms with Gasteiger partial charge in [0.1, 0.15) is 0 Å². The summed E-state index contributed by atoms with van der Waals surface area (Å²) in [4.78, 5) is 4.30. The number of aliphatic imine (C=N–C) groups is 1. The molecule has 2 N–H and O–H groups in total. The van der Waals surface area contributed by atoms with E-state index in [1.54, 1.807) is 7.05 Å². The van der Waals surface area contributed by atoms with E-state index in [0.717, 1.165) is 50.7 Å². The summed E-state index contributed by atoms with van der Waals surface area (Å²) in [6, 6.07) is 0.290. The number of aryl methyl sites for hydroxylation is 2. The SMILES string of the molecule is CCCCOCCCNC(=NC)NC(C)Cc1c(C)nn(C)c1C. The lowest BCUT2D eigenvalue weighted by Crippen LogP contribution is -2.43. The van der Waals surface area contributed by atoms with E-state index in [-0.39, 0.29) is 0 Å². The van der Waals surface area contributed by atoms with Crippen molar-refractivity contribution in [2.45, 2.75) is 59.4 Å². The maximum atomic E-state index is 5.57. The molecule has 0 saturated carbocycles. The smallest absolute Gasteiger partial charge is 0.191 e. The van der Waals surface area contributed by atoms with Crippen LogP contribution in [0.1, 0.15) is 50.1 Å². The molecule has 1 heterocycles. The molecule has 0 bridgehead atoms. The predicted octanol–water partition coefficient (Wildman–Crippen LogP) is 2.34. The Morgan fingerprint density at radius 1 is 1.29 bits per heavy atom. The van der Waals surface area contributed by atoms with Crippen LogP contribution in [0, 0.1) is 13.8 Å². The van der Waals surface area contributed by atoms with Gasteiger partial charge in [0.2, 0.25) is 0 Å². The second kappa shape index (κ2) is 11.1. The maximum absolute atomic E-state index is 5.57. The second-order valence-corrected chi connectivity index (χ2v) is 6.34. The Balaban J connectivity index is 2.32. The fourth-order valence-corrected chi connectivity index (χ4v) is 2.63. The van der Waals surface area contributed by atoms with Crippen molar-refractivity contribution in [2.24, 2.45) is 12.0 Å². The minimum Gasteiger partial charge on any atom is -0.381 e. The monoisotopic (exact) mass is 337 g/mol. The zero-order valence-electron chi connectivity index (χ0n) is 16.3. The van der Waals surface area contributed by atoms with Gasteiger partial charge in [-0.15, -0.1) is 0 Å². The van der Waals surface area contributed by atoms with Crippen molar-refractivity contribution < 1.29 is 4.74 Å². The third-order valence-corrected chi connectivity index (χ3v) is 4.18. The van der Waals surface area contributed by atoms with E-state index in [1.807, 2.05) is 11.7 Å². The van der Waals surface area contributed by atoms with E-state index in [2.05, 4.69) is 48.4 Å². The summed E-state index contributed by atoms with van der Waals surface area (Å²) in [6.45, 7) is 11.1. The summed E-state index contributed by atoms with van der Waals surface area (Å²) in [5.41, 5.74) is 3.65. The van der Waals surface area contributed by atoms with Crippen molar-refractivity contribution in [3.05, 3.63) is 17.0 Å². The van der Waals surface area contributed by atoms with E-state index in [0.29, 0.717) is 6.04 Å². The Kier molecular flexibility index (Phi) is 9.45. The van der Waals surface area contributed by atoms with E-state index in [1.165, 1.54) is 17.7 Å². The Hall–Kier alpha value is -1.56. The first kappa shape index (κ1) is 20.5. The molecule has 0 aliphatic heterocycles. The molecule has 0 aliphatic carbocycles. The highest BCUT2D eigenvalue weighted by Gasteiger charge is 2.13. The quantitative estimate of drug-likeness (QED) is 0.391. The van der Waals surface area contributed by atoms with Crippen LogP contribution in [0.2, 0.25) is 0 Å². The summed E-state index contributed by atoms with van der Waals surface area (Å²) >= 11 is 0. The molecule has 0 aliphatic rings. The number of rotatable bonds is 10. The molecule has 0 saturated heterocycles. The largest absolute Gasteiger partial charge is 0.381 e. The number of unbranched alkanes of at least 4 members (excludes halogenated alkanes) is 1. The predicted molar refractivity (Wildman–Crippen MR) is 101 cm³/mol. The number of nitrogens with zero attached hydrogens (tertiary/aromatic N) is 3. The van der Waals surface area contributed by atoms with Crippen LogP contribution in [0.15, 0.2) is 4.99 Å². The van der Waals surface area contributed by atoms with Gasteiger partial charge in [-0.2, -0.15) is 5.10 Å². The second-order valence-electron chi connectivity index (χ2n) is 6.34. The van der Waals surface area contributed by atoms with E-state index in [4.69, 9.17) is 4.74 Å². The summed E-state index contributed by atoms with van der Waals surface area (Å²) in [5.74, 6) is 0.843. The molecular weight excluding hydrogens is 302 g/mol. The molecule has 1 rings (SSSR count). The normalized spacial score (nSPS) is 13.2. The van der Waals surface area contributed by atoms with Gasteiger partial charge in [0.15, 0.2) is 5.96 Å². The highest BCUT2D eigenvalue weighted by Crippen LogP contribution is 2.14. The molecule has 1 aromatic heterocycles. The number of hydrogen-bond donors (Lipinski definition) is 2. The molecular formula is C18H35N5O. The third kappa shape index (κ3) is 6.91. The first-order chi connectivity index (χ1) is 11.5. The Morgan fingerprint density at radius 2 is 2.00 bits per heavy atom. The number of ether oxygens (including phenoxy) is 1. The molecule has 0 spiro atoms. The first-order valence-electron chi connectivity index (χ1n) is 9.03. The summed E-state index contributed by atoms with van der Waals surface area (Å²) in [5, 5.41) is 11.3.